The van der Waals surface area contributed by atoms with Crippen LogP contribution in [-0.4, -0.2) is 4.57 Å². The number of anilines is 3. The molecule has 0 amide bonds. The van der Waals surface area contributed by atoms with Crippen molar-refractivity contribution in [1.29, 1.82) is 0 Å². The molecule has 64 heavy (non-hydrogen) atoms. The van der Waals surface area contributed by atoms with E-state index in [-0.39, 0.29) is 0 Å². The maximum atomic E-state index is 6.94. The monoisotopic (exact) mass is 834 g/mol. The molecule has 4 heteroatoms. The first-order chi connectivity index (χ1) is 31.7. The molecule has 0 fully saturated rings. The summed E-state index contributed by atoms with van der Waals surface area (Å²) in [5, 5.41) is 7.25. The highest BCUT2D eigenvalue weighted by Crippen LogP contribution is 2.47. The zero-order chi connectivity index (χ0) is 42.1. The number of fused-ring (bicyclic) bond motifs is 9. The Labute approximate surface area is 373 Å². The van der Waals surface area contributed by atoms with E-state index >= 15 is 0 Å². The van der Waals surface area contributed by atoms with Gasteiger partial charge in [0.15, 0.2) is 0 Å². The van der Waals surface area contributed by atoms with E-state index in [9.17, 15) is 0 Å². The van der Waals surface area contributed by atoms with Crippen LogP contribution in [0.15, 0.2) is 235 Å². The van der Waals surface area contributed by atoms with Crippen LogP contribution >= 0.6 is 11.3 Å². The Morgan fingerprint density at radius 3 is 1.67 bits per heavy atom. The Morgan fingerprint density at radius 2 is 0.938 bits per heavy atom. The lowest BCUT2D eigenvalue weighted by Crippen LogP contribution is -2.10. The van der Waals surface area contributed by atoms with Crippen molar-refractivity contribution in [2.24, 2.45) is 0 Å². The lowest BCUT2D eigenvalue weighted by Gasteiger charge is -2.27. The van der Waals surface area contributed by atoms with Crippen molar-refractivity contribution < 1.29 is 4.42 Å². The average molecular weight is 835 g/mol. The minimum Gasteiger partial charge on any atom is -0.455 e. The van der Waals surface area contributed by atoms with E-state index < -0.39 is 0 Å². The molecule has 13 rings (SSSR count). The van der Waals surface area contributed by atoms with Gasteiger partial charge in [0.1, 0.15) is 11.2 Å². The first-order valence-corrected chi connectivity index (χ1v) is 22.6. The molecule has 0 unspecified atom stereocenters. The van der Waals surface area contributed by atoms with E-state index in [1.807, 2.05) is 11.3 Å². The number of hydrogen-bond donors (Lipinski definition) is 0. The first kappa shape index (κ1) is 36.5. The van der Waals surface area contributed by atoms with Crippen LogP contribution in [0, 0.1) is 0 Å². The third-order valence-corrected chi connectivity index (χ3v) is 13.9. The highest BCUT2D eigenvalue weighted by molar-refractivity contribution is 7.25. The highest BCUT2D eigenvalue weighted by Gasteiger charge is 2.23. The molecule has 0 aliphatic carbocycles. The van der Waals surface area contributed by atoms with E-state index in [4.69, 9.17) is 4.42 Å². The van der Waals surface area contributed by atoms with Crippen LogP contribution in [0.25, 0.3) is 103 Å². The molecule has 3 nitrogen and oxygen atoms in total. The molecule has 0 saturated carbocycles. The van der Waals surface area contributed by atoms with E-state index in [1.54, 1.807) is 0 Å². The largest absolute Gasteiger partial charge is 0.455 e. The van der Waals surface area contributed by atoms with Crippen molar-refractivity contribution in [3.8, 4) is 39.1 Å². The third kappa shape index (κ3) is 5.88. The van der Waals surface area contributed by atoms with Crippen LogP contribution in [0.2, 0.25) is 0 Å². The first-order valence-electron chi connectivity index (χ1n) is 21.7. The number of rotatable bonds is 7. The maximum Gasteiger partial charge on any atom is 0.145 e. The van der Waals surface area contributed by atoms with Gasteiger partial charge in [-0.25, -0.2) is 0 Å². The zero-order valence-corrected chi connectivity index (χ0v) is 35.5. The van der Waals surface area contributed by atoms with Crippen LogP contribution in [0.4, 0.5) is 17.1 Å². The highest BCUT2D eigenvalue weighted by atomic mass is 32.1. The summed E-state index contributed by atoms with van der Waals surface area (Å²) in [5.74, 6) is 0. The summed E-state index contributed by atoms with van der Waals surface area (Å²) < 4.78 is 11.9. The molecule has 10 aromatic carbocycles. The summed E-state index contributed by atoms with van der Waals surface area (Å²) in [6, 6.07) is 83.3. The minimum absolute atomic E-state index is 0.858. The Kier molecular flexibility index (Phi) is 8.40. The molecule has 0 N–H and O–H groups in total. The Hall–Kier alpha value is -8.18. The number of nitrogens with zero attached hydrogens (tertiary/aromatic N) is 2. The van der Waals surface area contributed by atoms with Gasteiger partial charge in [0, 0.05) is 59.0 Å². The summed E-state index contributed by atoms with van der Waals surface area (Å²) in [6.07, 6.45) is 0. The molecule has 13 aromatic rings. The van der Waals surface area contributed by atoms with Crippen LogP contribution in [0.3, 0.4) is 0 Å². The molecular weight excluding hydrogens is 797 g/mol. The maximum absolute atomic E-state index is 6.94. The minimum atomic E-state index is 0.858. The lowest BCUT2D eigenvalue weighted by atomic mass is 9.98. The van der Waals surface area contributed by atoms with Crippen molar-refractivity contribution in [3.05, 3.63) is 231 Å². The molecule has 300 valence electrons. The molecule has 0 bridgehead atoms. The van der Waals surface area contributed by atoms with Crippen LogP contribution in [0.1, 0.15) is 0 Å². The van der Waals surface area contributed by atoms with Crippen molar-refractivity contribution >= 4 is 92.3 Å². The van der Waals surface area contributed by atoms with Crippen LogP contribution in [0.5, 0.6) is 0 Å². The van der Waals surface area contributed by atoms with E-state index in [2.05, 4.69) is 240 Å². The van der Waals surface area contributed by atoms with Gasteiger partial charge in [-0.15, -0.1) is 11.3 Å². The topological polar surface area (TPSA) is 21.3 Å². The van der Waals surface area contributed by atoms with Gasteiger partial charge in [-0.1, -0.05) is 146 Å². The van der Waals surface area contributed by atoms with Gasteiger partial charge >= 0.3 is 0 Å². The van der Waals surface area contributed by atoms with Gasteiger partial charge < -0.3 is 13.9 Å². The second kappa shape index (κ2) is 14.7. The number of aromatic nitrogens is 1. The average Bonchev–Trinajstić information content (AvgIpc) is 4.05. The number of furan rings is 1. The van der Waals surface area contributed by atoms with Crippen molar-refractivity contribution in [1.82, 2.24) is 4.57 Å². The van der Waals surface area contributed by atoms with Crippen LogP contribution in [-0.2, 0) is 0 Å². The molecule has 0 radical (unpaired) electrons. The molecule has 3 aromatic heterocycles. The molecule has 3 heterocycles. The second-order valence-corrected chi connectivity index (χ2v) is 17.5. The summed E-state index contributed by atoms with van der Waals surface area (Å²) in [7, 11) is 0. The van der Waals surface area contributed by atoms with E-state index in [1.165, 1.54) is 53.1 Å². The van der Waals surface area contributed by atoms with E-state index in [0.29, 0.717) is 0 Å². The Balaban J connectivity index is 0.993. The molecule has 0 atom stereocenters. The van der Waals surface area contributed by atoms with Crippen LogP contribution < -0.4 is 4.90 Å². The van der Waals surface area contributed by atoms with Crippen molar-refractivity contribution in [2.45, 2.75) is 0 Å². The normalized spacial score (nSPS) is 11.8. The Bertz CT molecular complexity index is 3860. The number of para-hydroxylation sites is 3. The summed E-state index contributed by atoms with van der Waals surface area (Å²) in [5.41, 5.74) is 15.2. The third-order valence-electron chi connectivity index (χ3n) is 12.8. The second-order valence-electron chi connectivity index (χ2n) is 16.5. The predicted molar refractivity (Wildman–Crippen MR) is 272 cm³/mol. The molecular formula is C60H38N2OS. The summed E-state index contributed by atoms with van der Waals surface area (Å²) in [6.45, 7) is 0. The van der Waals surface area contributed by atoms with Gasteiger partial charge in [0.05, 0.1) is 22.1 Å². The Morgan fingerprint density at radius 1 is 0.375 bits per heavy atom. The van der Waals surface area contributed by atoms with Gasteiger partial charge in [0.25, 0.3) is 0 Å². The quantitative estimate of drug-likeness (QED) is 0.159. The summed E-state index contributed by atoms with van der Waals surface area (Å²) in [4.78, 5) is 2.41. The van der Waals surface area contributed by atoms with Gasteiger partial charge in [-0.05, 0) is 113 Å². The van der Waals surface area contributed by atoms with Crippen molar-refractivity contribution in [3.63, 3.8) is 0 Å². The van der Waals surface area contributed by atoms with Crippen molar-refractivity contribution in [2.75, 3.05) is 4.90 Å². The fourth-order valence-electron chi connectivity index (χ4n) is 9.83. The van der Waals surface area contributed by atoms with E-state index in [0.717, 1.165) is 66.9 Å². The standard InChI is InChI=1S/C60H38N2OS/c1-2-14-39(15-3-1)41-16-12-18-45(36-41)61(46-19-13-17-42(37-46)43-30-35-58-52(38-43)50-22-7-11-27-57(50)64-58)55-34-33-47(60-59(55)51-23-6-10-26-56(51)63-60)40-28-31-44(32-29-40)62-53-24-8-4-20-48(53)49-21-5-9-25-54(49)62/h1-38H. The zero-order valence-electron chi connectivity index (χ0n) is 34.7. The molecule has 0 saturated heterocycles. The van der Waals surface area contributed by atoms with Gasteiger partial charge in [-0.2, -0.15) is 0 Å². The number of hydrogen-bond acceptors (Lipinski definition) is 3. The SMILES string of the molecule is c1ccc(-c2cccc(N(c3cccc(-c4ccc5sc6ccccc6c5c4)c3)c3ccc(-c4ccc(-n5c6ccccc6c6ccccc65)cc4)c4oc5ccccc5c34)c2)cc1. The lowest BCUT2D eigenvalue weighted by molar-refractivity contribution is 0.670. The number of thiophene rings is 1. The fraction of sp³-hybridized carbons (Fsp3) is 0. The molecule has 0 spiro atoms. The fourth-order valence-corrected chi connectivity index (χ4v) is 10.9. The van der Waals surface area contributed by atoms with Gasteiger partial charge in [-0.3, -0.25) is 0 Å². The van der Waals surface area contributed by atoms with Gasteiger partial charge in [0.2, 0.25) is 0 Å². The number of benzene rings is 10. The molecule has 0 aliphatic rings. The predicted octanol–water partition coefficient (Wildman–Crippen LogP) is 17.5. The summed E-state index contributed by atoms with van der Waals surface area (Å²) >= 11 is 1.85. The smallest absolute Gasteiger partial charge is 0.145 e. The molecule has 0 aliphatic heterocycles.